The number of hydrogen-bond acceptors (Lipinski definition) is 3. The Bertz CT molecular complexity index is 679. The molecule has 20 heavy (non-hydrogen) atoms. The number of rotatable bonds is 2. The second-order valence-electron chi connectivity index (χ2n) is 4.74. The van der Waals surface area contributed by atoms with Gasteiger partial charge in [0.15, 0.2) is 5.78 Å². The fourth-order valence-electron chi connectivity index (χ4n) is 2.58. The van der Waals surface area contributed by atoms with Crippen LogP contribution in [0.2, 0.25) is 0 Å². The lowest BCUT2D eigenvalue weighted by Gasteiger charge is -2.26. The summed E-state index contributed by atoms with van der Waals surface area (Å²) in [5.74, 6) is -1.56. The summed E-state index contributed by atoms with van der Waals surface area (Å²) in [5.41, 5.74) is 1.83. The lowest BCUT2D eigenvalue weighted by atomic mass is 9.85. The number of ketones is 1. The third-order valence-electron chi connectivity index (χ3n) is 3.56. The van der Waals surface area contributed by atoms with Crippen LogP contribution in [0.1, 0.15) is 32.2 Å². The number of benzene rings is 2. The first kappa shape index (κ1) is 12.4. The van der Waals surface area contributed by atoms with E-state index in [0.29, 0.717) is 12.2 Å². The summed E-state index contributed by atoms with van der Waals surface area (Å²) < 4.78 is 0. The van der Waals surface area contributed by atoms with Gasteiger partial charge < -0.3 is 10.4 Å². The first-order valence-electron chi connectivity index (χ1n) is 6.38. The lowest BCUT2D eigenvalue weighted by Crippen LogP contribution is -2.29. The standard InChI is InChI=1S/C16H13NO3/c18-15-12(10-5-2-1-3-6-10)9-17-13-8-4-7-11(14(13)15)16(19)20/h1-8,12,17H,9H2,(H,19,20). The van der Waals surface area contributed by atoms with E-state index in [1.807, 2.05) is 30.3 Å². The highest BCUT2D eigenvalue weighted by Crippen LogP contribution is 2.32. The molecule has 1 aliphatic rings. The van der Waals surface area contributed by atoms with Gasteiger partial charge in [-0.25, -0.2) is 4.79 Å². The number of hydrogen-bond donors (Lipinski definition) is 2. The summed E-state index contributed by atoms with van der Waals surface area (Å²) >= 11 is 0. The zero-order valence-electron chi connectivity index (χ0n) is 10.7. The molecule has 0 aromatic heterocycles. The van der Waals surface area contributed by atoms with Crippen LogP contribution in [0.4, 0.5) is 5.69 Å². The molecule has 0 saturated heterocycles. The minimum absolute atomic E-state index is 0.0561. The van der Waals surface area contributed by atoms with Crippen molar-refractivity contribution in [3.63, 3.8) is 0 Å². The molecule has 2 aromatic carbocycles. The minimum Gasteiger partial charge on any atom is -0.478 e. The molecule has 1 unspecified atom stereocenters. The Kier molecular flexibility index (Phi) is 2.99. The molecular formula is C16H13NO3. The van der Waals surface area contributed by atoms with Crippen LogP contribution >= 0.6 is 0 Å². The number of carboxylic acid groups (broad SMARTS) is 1. The Morgan fingerprint density at radius 1 is 1.10 bits per heavy atom. The Labute approximate surface area is 116 Å². The fraction of sp³-hybridized carbons (Fsp3) is 0.125. The van der Waals surface area contributed by atoms with E-state index in [9.17, 15) is 14.7 Å². The predicted molar refractivity (Wildman–Crippen MR) is 75.4 cm³/mol. The molecule has 0 bridgehead atoms. The van der Waals surface area contributed by atoms with E-state index in [-0.39, 0.29) is 22.8 Å². The largest absolute Gasteiger partial charge is 0.478 e. The van der Waals surface area contributed by atoms with Gasteiger partial charge in [-0.3, -0.25) is 4.79 Å². The van der Waals surface area contributed by atoms with Gasteiger partial charge in [-0.15, -0.1) is 0 Å². The summed E-state index contributed by atoms with van der Waals surface area (Å²) in [6.07, 6.45) is 0. The number of carbonyl (C=O) groups is 2. The highest BCUT2D eigenvalue weighted by molar-refractivity contribution is 6.13. The predicted octanol–water partition coefficient (Wildman–Crippen LogP) is 2.78. The average Bonchev–Trinajstić information content (AvgIpc) is 2.48. The molecule has 0 radical (unpaired) electrons. The van der Waals surface area contributed by atoms with Crippen molar-refractivity contribution in [1.29, 1.82) is 0 Å². The highest BCUT2D eigenvalue weighted by atomic mass is 16.4. The maximum atomic E-state index is 12.6. The van der Waals surface area contributed by atoms with E-state index in [1.54, 1.807) is 12.1 Å². The summed E-state index contributed by atoms with van der Waals surface area (Å²) in [5, 5.41) is 12.4. The second-order valence-corrected chi connectivity index (χ2v) is 4.74. The fourth-order valence-corrected chi connectivity index (χ4v) is 2.58. The van der Waals surface area contributed by atoms with Crippen LogP contribution in [-0.4, -0.2) is 23.4 Å². The zero-order valence-corrected chi connectivity index (χ0v) is 10.7. The summed E-state index contributed by atoms with van der Waals surface area (Å²) in [4.78, 5) is 23.9. The third kappa shape index (κ3) is 1.95. The van der Waals surface area contributed by atoms with Gasteiger partial charge in [0.2, 0.25) is 0 Å². The number of anilines is 1. The van der Waals surface area contributed by atoms with Gasteiger partial charge in [0.25, 0.3) is 0 Å². The molecule has 1 aliphatic heterocycles. The van der Waals surface area contributed by atoms with E-state index in [1.165, 1.54) is 6.07 Å². The Hall–Kier alpha value is -2.62. The average molecular weight is 267 g/mol. The van der Waals surface area contributed by atoms with E-state index in [2.05, 4.69) is 5.32 Å². The number of fused-ring (bicyclic) bond motifs is 1. The number of carbonyl (C=O) groups excluding carboxylic acids is 1. The molecule has 1 atom stereocenters. The van der Waals surface area contributed by atoms with Crippen molar-refractivity contribution in [2.75, 3.05) is 11.9 Å². The van der Waals surface area contributed by atoms with Crippen molar-refractivity contribution in [1.82, 2.24) is 0 Å². The van der Waals surface area contributed by atoms with Crippen molar-refractivity contribution < 1.29 is 14.7 Å². The number of carboxylic acids is 1. The molecule has 2 N–H and O–H groups in total. The Morgan fingerprint density at radius 3 is 2.55 bits per heavy atom. The smallest absolute Gasteiger partial charge is 0.336 e. The number of Topliss-reactive ketones (excluding diaryl/α,β-unsaturated/α-hetero) is 1. The van der Waals surface area contributed by atoms with E-state index in [4.69, 9.17) is 0 Å². The van der Waals surface area contributed by atoms with Crippen LogP contribution in [0.15, 0.2) is 48.5 Å². The first-order valence-corrected chi connectivity index (χ1v) is 6.38. The molecule has 3 rings (SSSR count). The molecular weight excluding hydrogens is 254 g/mol. The van der Waals surface area contributed by atoms with Gasteiger partial charge >= 0.3 is 5.97 Å². The normalized spacial score (nSPS) is 17.2. The molecule has 4 heteroatoms. The lowest BCUT2D eigenvalue weighted by molar-refractivity contribution is 0.0691. The van der Waals surface area contributed by atoms with Crippen molar-refractivity contribution >= 4 is 17.4 Å². The Balaban J connectivity index is 2.09. The number of nitrogens with one attached hydrogen (secondary N) is 1. The van der Waals surface area contributed by atoms with Crippen molar-refractivity contribution in [3.05, 3.63) is 65.2 Å². The summed E-state index contributed by atoms with van der Waals surface area (Å²) in [6, 6.07) is 14.3. The van der Waals surface area contributed by atoms with Gasteiger partial charge in [-0.2, -0.15) is 0 Å². The molecule has 0 saturated carbocycles. The molecule has 0 fully saturated rings. The minimum atomic E-state index is -1.08. The van der Waals surface area contributed by atoms with Crippen LogP contribution in [0.25, 0.3) is 0 Å². The monoisotopic (exact) mass is 267 g/mol. The van der Waals surface area contributed by atoms with Gasteiger partial charge in [0.05, 0.1) is 17.0 Å². The van der Waals surface area contributed by atoms with Gasteiger partial charge in [0.1, 0.15) is 0 Å². The number of aromatic carboxylic acids is 1. The maximum Gasteiger partial charge on any atom is 0.336 e. The quantitative estimate of drug-likeness (QED) is 0.878. The summed E-state index contributed by atoms with van der Waals surface area (Å²) in [6.45, 7) is 0.485. The van der Waals surface area contributed by atoms with E-state index < -0.39 is 5.97 Å². The molecule has 1 heterocycles. The summed E-state index contributed by atoms with van der Waals surface area (Å²) in [7, 11) is 0. The maximum absolute atomic E-state index is 12.6. The molecule has 0 spiro atoms. The zero-order chi connectivity index (χ0) is 14.1. The van der Waals surface area contributed by atoms with Crippen LogP contribution in [0, 0.1) is 0 Å². The van der Waals surface area contributed by atoms with Crippen LogP contribution in [-0.2, 0) is 0 Å². The van der Waals surface area contributed by atoms with Gasteiger partial charge in [-0.05, 0) is 17.7 Å². The molecule has 100 valence electrons. The van der Waals surface area contributed by atoms with Gasteiger partial charge in [0, 0.05) is 12.2 Å². The van der Waals surface area contributed by atoms with Crippen LogP contribution < -0.4 is 5.32 Å². The molecule has 0 aliphatic carbocycles. The van der Waals surface area contributed by atoms with Crippen molar-refractivity contribution in [3.8, 4) is 0 Å². The molecule has 0 amide bonds. The Morgan fingerprint density at radius 2 is 1.85 bits per heavy atom. The van der Waals surface area contributed by atoms with Crippen LogP contribution in [0.5, 0.6) is 0 Å². The SMILES string of the molecule is O=C(O)c1cccc2c1C(=O)C(c1ccccc1)CN2. The second kappa shape index (κ2) is 4.81. The highest BCUT2D eigenvalue weighted by Gasteiger charge is 2.31. The van der Waals surface area contributed by atoms with Crippen LogP contribution in [0.3, 0.4) is 0 Å². The third-order valence-corrected chi connectivity index (χ3v) is 3.56. The van der Waals surface area contributed by atoms with E-state index >= 15 is 0 Å². The molecule has 2 aromatic rings. The topological polar surface area (TPSA) is 66.4 Å². The van der Waals surface area contributed by atoms with Gasteiger partial charge in [-0.1, -0.05) is 36.4 Å². The molecule has 4 nitrogen and oxygen atoms in total. The first-order chi connectivity index (χ1) is 9.68. The van der Waals surface area contributed by atoms with Crippen molar-refractivity contribution in [2.45, 2.75) is 5.92 Å². The van der Waals surface area contributed by atoms with Crippen molar-refractivity contribution in [2.24, 2.45) is 0 Å². The van der Waals surface area contributed by atoms with E-state index in [0.717, 1.165) is 5.56 Å².